The summed E-state index contributed by atoms with van der Waals surface area (Å²) in [5, 5.41) is 2.36. The lowest BCUT2D eigenvalue weighted by atomic mass is 9.81. The van der Waals surface area contributed by atoms with E-state index in [1.165, 1.54) is 101 Å². The second-order valence-electron chi connectivity index (χ2n) is 17.5. The molecule has 9 aromatic rings. The highest BCUT2D eigenvalue weighted by molar-refractivity contribution is 6.06. The maximum Gasteiger partial charge on any atom is 0.135 e. The van der Waals surface area contributed by atoms with Gasteiger partial charge in [-0.05, 0) is 130 Å². The molecule has 8 aromatic carbocycles. The molecule has 0 radical (unpaired) electrons. The maximum absolute atomic E-state index is 5.86. The molecule has 0 unspecified atom stereocenters. The second kappa shape index (κ2) is 21.3. The van der Waals surface area contributed by atoms with Crippen molar-refractivity contribution in [2.75, 3.05) is 0 Å². The number of para-hydroxylation sites is 1. The van der Waals surface area contributed by atoms with E-state index in [0.717, 1.165) is 30.4 Å². The zero-order valence-corrected chi connectivity index (χ0v) is 40.1. The first-order chi connectivity index (χ1) is 31.7. The van der Waals surface area contributed by atoms with Crippen molar-refractivity contribution >= 4 is 28.0 Å². The molecule has 0 saturated heterocycles. The molecular weight excluding hydrogens is 785 g/mol. The Morgan fingerprint density at radius 1 is 0.477 bits per heavy atom. The molecule has 0 aliphatic heterocycles. The van der Waals surface area contributed by atoms with E-state index in [2.05, 4.69) is 224 Å². The van der Waals surface area contributed by atoms with Crippen LogP contribution in [0.4, 0.5) is 0 Å². The third kappa shape index (κ3) is 10.3. The van der Waals surface area contributed by atoms with Crippen LogP contribution < -0.4 is 0 Å². The van der Waals surface area contributed by atoms with Crippen LogP contribution in [0.25, 0.3) is 72.5 Å². The molecule has 1 aromatic heterocycles. The van der Waals surface area contributed by atoms with Crippen molar-refractivity contribution in [2.45, 2.75) is 93.4 Å². The van der Waals surface area contributed by atoms with E-state index in [0.29, 0.717) is 0 Å². The third-order valence-corrected chi connectivity index (χ3v) is 12.6. The average molecular weight is 851 g/mol. The lowest BCUT2D eigenvalue weighted by molar-refractivity contribution is 0.660. The summed E-state index contributed by atoms with van der Waals surface area (Å²) >= 11 is 0. The zero-order chi connectivity index (χ0) is 45.9. The molecule has 1 aliphatic carbocycles. The van der Waals surface area contributed by atoms with Crippen molar-refractivity contribution in [3.05, 3.63) is 221 Å². The fraction of sp³-hybridized carbons (Fsp3) is 0.219. The van der Waals surface area contributed by atoms with Gasteiger partial charge in [-0.1, -0.05) is 230 Å². The van der Waals surface area contributed by atoms with Gasteiger partial charge in [0, 0.05) is 16.2 Å². The smallest absolute Gasteiger partial charge is 0.135 e. The second-order valence-corrected chi connectivity index (χ2v) is 17.5. The Morgan fingerprint density at radius 3 is 1.77 bits per heavy atom. The van der Waals surface area contributed by atoms with Crippen LogP contribution >= 0.6 is 0 Å². The molecule has 1 aliphatic rings. The zero-order valence-electron chi connectivity index (χ0n) is 40.1. The minimum Gasteiger partial charge on any atom is -0.456 e. The maximum atomic E-state index is 5.86. The number of hydrogen-bond donors (Lipinski definition) is 0. The SMILES string of the molecule is CC.CC/C=C\c1c(CC)cccc1-c1ccc(CCC)cc1.Cc1ccc(-c2ccc3oc4ccccc4c3c2)cc1.Cc1ccc2c(c1)C(C)(C)c1cc(-c3ccccc3)ccc1-2. The number of allylic oxidation sites excluding steroid dienone is 1. The normalized spacial score (nSPS) is 12.1. The quantitative estimate of drug-likeness (QED) is 0.148. The Balaban J connectivity index is 0.000000143. The lowest BCUT2D eigenvalue weighted by Crippen LogP contribution is -2.15. The van der Waals surface area contributed by atoms with Crippen LogP contribution in [0.15, 0.2) is 186 Å². The lowest BCUT2D eigenvalue weighted by Gasteiger charge is -2.22. The molecule has 0 spiro atoms. The van der Waals surface area contributed by atoms with Crippen molar-refractivity contribution in [1.82, 2.24) is 0 Å². The largest absolute Gasteiger partial charge is 0.456 e. The molecule has 1 heterocycles. The molecule has 1 nitrogen and oxygen atoms in total. The number of hydrogen-bond acceptors (Lipinski definition) is 1. The molecule has 328 valence electrons. The summed E-state index contributed by atoms with van der Waals surface area (Å²) in [4.78, 5) is 0. The fourth-order valence-electron chi connectivity index (χ4n) is 9.06. The van der Waals surface area contributed by atoms with Gasteiger partial charge in [0.2, 0.25) is 0 Å². The van der Waals surface area contributed by atoms with E-state index in [9.17, 15) is 0 Å². The van der Waals surface area contributed by atoms with Crippen LogP contribution in [-0.2, 0) is 18.3 Å². The fourth-order valence-corrected chi connectivity index (χ4v) is 9.06. The van der Waals surface area contributed by atoms with Gasteiger partial charge in [-0.3, -0.25) is 0 Å². The van der Waals surface area contributed by atoms with Crippen LogP contribution in [0.2, 0.25) is 0 Å². The predicted molar refractivity (Wildman–Crippen MR) is 284 cm³/mol. The minimum absolute atomic E-state index is 0.0709. The van der Waals surface area contributed by atoms with E-state index in [1.54, 1.807) is 0 Å². The first-order valence-electron chi connectivity index (χ1n) is 23.9. The first-order valence-corrected chi connectivity index (χ1v) is 23.9. The van der Waals surface area contributed by atoms with Gasteiger partial charge in [0.1, 0.15) is 11.2 Å². The molecule has 0 atom stereocenters. The highest BCUT2D eigenvalue weighted by Crippen LogP contribution is 2.50. The standard InChI is InChI=1S/C22H20.C21H26.C19H14O.C2H6/c1-15-9-11-18-19-12-10-17(16-7-5-4-6-8-16)14-21(19)22(2,3)20(18)13-15;1-4-7-11-20-18(6-3)10-8-12-21(20)19-15-13-17(9-5-2)14-16-19;1-13-6-8-14(9-7-13)15-10-11-19-17(12-15)16-4-2-3-5-18(16)20-19;1-2/h4-14H,1-3H3;7-8,10-16H,4-6,9H2,1-3H3;2-12H,1H3;1-2H3/b;11-7-;;. The van der Waals surface area contributed by atoms with Gasteiger partial charge < -0.3 is 4.42 Å². The number of benzene rings is 8. The summed E-state index contributed by atoms with van der Waals surface area (Å²) in [7, 11) is 0. The van der Waals surface area contributed by atoms with Crippen LogP contribution in [0.5, 0.6) is 0 Å². The topological polar surface area (TPSA) is 13.1 Å². The van der Waals surface area contributed by atoms with Gasteiger partial charge in [-0.2, -0.15) is 0 Å². The summed E-state index contributed by atoms with van der Waals surface area (Å²) in [5.74, 6) is 0. The monoisotopic (exact) mass is 851 g/mol. The van der Waals surface area contributed by atoms with Crippen molar-refractivity contribution < 1.29 is 4.42 Å². The molecule has 1 heteroatoms. The Bertz CT molecular complexity index is 2990. The van der Waals surface area contributed by atoms with Crippen molar-refractivity contribution in [2.24, 2.45) is 0 Å². The summed E-state index contributed by atoms with van der Waals surface area (Å²) in [6.45, 7) is 19.6. The van der Waals surface area contributed by atoms with Gasteiger partial charge in [0.05, 0.1) is 0 Å². The van der Waals surface area contributed by atoms with Crippen molar-refractivity contribution in [3.8, 4) is 44.5 Å². The van der Waals surface area contributed by atoms with E-state index < -0.39 is 0 Å². The Kier molecular flexibility index (Phi) is 15.2. The van der Waals surface area contributed by atoms with Crippen molar-refractivity contribution in [1.29, 1.82) is 0 Å². The first kappa shape index (κ1) is 46.3. The molecule has 10 rings (SSSR count). The molecular formula is C64H66O. The van der Waals surface area contributed by atoms with Gasteiger partial charge in [-0.25, -0.2) is 0 Å². The molecule has 0 bridgehead atoms. The third-order valence-electron chi connectivity index (χ3n) is 12.6. The highest BCUT2D eigenvalue weighted by Gasteiger charge is 2.35. The molecule has 0 amide bonds. The Hall–Kier alpha value is -6.70. The van der Waals surface area contributed by atoms with E-state index in [-0.39, 0.29) is 5.41 Å². The highest BCUT2D eigenvalue weighted by atomic mass is 16.3. The van der Waals surface area contributed by atoms with Gasteiger partial charge in [0.25, 0.3) is 0 Å². The summed E-state index contributed by atoms with van der Waals surface area (Å²) in [6.07, 6.45) is 9.06. The Labute approximate surface area is 389 Å². The number of rotatable bonds is 8. The number of aryl methyl sites for hydroxylation is 4. The van der Waals surface area contributed by atoms with Gasteiger partial charge >= 0.3 is 0 Å². The molecule has 0 fully saturated rings. The van der Waals surface area contributed by atoms with E-state index in [1.807, 2.05) is 26.0 Å². The van der Waals surface area contributed by atoms with Gasteiger partial charge in [-0.15, -0.1) is 0 Å². The van der Waals surface area contributed by atoms with Crippen LogP contribution in [0.1, 0.15) is 100 Å². The van der Waals surface area contributed by atoms with Gasteiger partial charge in [0.15, 0.2) is 0 Å². The Morgan fingerprint density at radius 2 is 1.06 bits per heavy atom. The van der Waals surface area contributed by atoms with Crippen LogP contribution in [-0.4, -0.2) is 0 Å². The average Bonchev–Trinajstić information content (AvgIpc) is 3.83. The number of furan rings is 1. The molecule has 0 N–H and O–H groups in total. The van der Waals surface area contributed by atoms with Crippen LogP contribution in [0, 0.1) is 13.8 Å². The molecule has 65 heavy (non-hydrogen) atoms. The van der Waals surface area contributed by atoms with Crippen molar-refractivity contribution in [3.63, 3.8) is 0 Å². The van der Waals surface area contributed by atoms with Crippen LogP contribution in [0.3, 0.4) is 0 Å². The minimum atomic E-state index is 0.0709. The number of fused-ring (bicyclic) bond motifs is 6. The van der Waals surface area contributed by atoms with E-state index >= 15 is 0 Å². The van der Waals surface area contributed by atoms with E-state index in [4.69, 9.17) is 4.42 Å². The summed E-state index contributed by atoms with van der Waals surface area (Å²) in [5.41, 5.74) is 22.2. The summed E-state index contributed by atoms with van der Waals surface area (Å²) < 4.78 is 5.86. The predicted octanol–water partition coefficient (Wildman–Crippen LogP) is 18.8. The molecule has 0 saturated carbocycles. The summed E-state index contributed by atoms with van der Waals surface area (Å²) in [6, 6.07) is 63.3.